The minimum absolute atomic E-state index is 0.0387. The number of ether oxygens (including phenoxy) is 1. The van der Waals surface area contributed by atoms with Gasteiger partial charge in [-0.1, -0.05) is 36.4 Å². The number of phenolic OH excluding ortho intramolecular Hbond substituents is 1. The van der Waals surface area contributed by atoms with E-state index in [0.29, 0.717) is 11.8 Å². The summed E-state index contributed by atoms with van der Waals surface area (Å²) in [6.45, 7) is 2.17. The van der Waals surface area contributed by atoms with Crippen LogP contribution < -0.4 is 4.74 Å². The zero-order chi connectivity index (χ0) is 19.5. The molecule has 0 spiro atoms. The van der Waals surface area contributed by atoms with Gasteiger partial charge in [0.2, 0.25) is 0 Å². The number of aromatic hydroxyl groups is 1. The Hall–Kier alpha value is -2.53. The highest BCUT2D eigenvalue weighted by molar-refractivity contribution is 5.61. The van der Waals surface area contributed by atoms with E-state index in [1.807, 2.05) is 24.5 Å². The average molecular weight is 380 g/mol. The lowest BCUT2D eigenvalue weighted by Crippen LogP contribution is -2.32. The Labute approximate surface area is 167 Å². The molecule has 2 aromatic carbocycles. The van der Waals surface area contributed by atoms with Gasteiger partial charge in [-0.2, -0.15) is 0 Å². The fourth-order valence-electron chi connectivity index (χ4n) is 4.50. The lowest BCUT2D eigenvalue weighted by atomic mass is 9.93. The molecule has 1 fully saturated rings. The largest absolute Gasteiger partial charge is 0.504 e. The Balaban J connectivity index is 1.61. The van der Waals surface area contributed by atoms with E-state index in [1.165, 1.54) is 24.9 Å². The van der Waals surface area contributed by atoms with E-state index in [-0.39, 0.29) is 17.8 Å². The molecule has 0 bridgehead atoms. The quantitative estimate of drug-likeness (QED) is 0.824. The second-order valence-corrected chi connectivity index (χ2v) is 7.80. The molecule has 2 heterocycles. The second kappa shape index (κ2) is 8.23. The van der Waals surface area contributed by atoms with Crippen LogP contribution in [0, 0.1) is 0 Å². The van der Waals surface area contributed by atoms with Crippen LogP contribution in [0.15, 0.2) is 53.5 Å². The number of benzene rings is 2. The molecular weight excluding hydrogens is 350 g/mol. The number of hydrogen-bond donors (Lipinski definition) is 1. The van der Waals surface area contributed by atoms with Crippen molar-refractivity contribution in [2.75, 3.05) is 27.2 Å². The molecule has 4 rings (SSSR count). The third-order valence-electron chi connectivity index (χ3n) is 6.11. The van der Waals surface area contributed by atoms with Gasteiger partial charge in [0.25, 0.3) is 0 Å². The highest BCUT2D eigenvalue weighted by atomic mass is 16.5. The Morgan fingerprint density at radius 2 is 1.96 bits per heavy atom. The fourth-order valence-corrected chi connectivity index (χ4v) is 4.50. The summed E-state index contributed by atoms with van der Waals surface area (Å²) in [6.07, 6.45) is 5.72. The summed E-state index contributed by atoms with van der Waals surface area (Å²) in [7, 11) is 3.82. The van der Waals surface area contributed by atoms with Gasteiger partial charge < -0.3 is 19.6 Å². The third-order valence-corrected chi connectivity index (χ3v) is 6.11. The van der Waals surface area contributed by atoms with Crippen LogP contribution in [0.1, 0.15) is 42.5 Å². The Bertz CT molecular complexity index is 824. The smallest absolute Gasteiger partial charge is 0.160 e. The van der Waals surface area contributed by atoms with Crippen LogP contribution in [0.4, 0.5) is 0 Å². The fraction of sp³-hybridized carbons (Fsp3) is 0.435. The number of phenols is 1. The summed E-state index contributed by atoms with van der Waals surface area (Å²) >= 11 is 0. The van der Waals surface area contributed by atoms with Crippen LogP contribution in [0.5, 0.6) is 11.5 Å². The number of likely N-dealkylation sites (tertiary alicyclic amines) is 1. The van der Waals surface area contributed by atoms with Gasteiger partial charge in [0.05, 0.1) is 19.5 Å². The van der Waals surface area contributed by atoms with E-state index in [1.54, 1.807) is 13.2 Å². The minimum Gasteiger partial charge on any atom is -0.504 e. The third kappa shape index (κ3) is 3.72. The highest BCUT2D eigenvalue weighted by Crippen LogP contribution is 2.42. The number of hydrogen-bond acceptors (Lipinski definition) is 5. The molecule has 3 unspecified atom stereocenters. The lowest BCUT2D eigenvalue weighted by molar-refractivity contribution is 0.247. The van der Waals surface area contributed by atoms with Crippen LogP contribution in [-0.2, 0) is 0 Å². The summed E-state index contributed by atoms with van der Waals surface area (Å²) < 4.78 is 5.36. The molecule has 2 aliphatic heterocycles. The molecule has 5 heteroatoms. The topological polar surface area (TPSA) is 48.3 Å². The Morgan fingerprint density at radius 3 is 2.68 bits per heavy atom. The van der Waals surface area contributed by atoms with Crippen LogP contribution >= 0.6 is 0 Å². The van der Waals surface area contributed by atoms with Crippen molar-refractivity contribution >= 4 is 6.34 Å². The van der Waals surface area contributed by atoms with E-state index in [2.05, 4.69) is 41.1 Å². The maximum Gasteiger partial charge on any atom is 0.160 e. The molecule has 0 saturated carbocycles. The molecule has 0 aliphatic carbocycles. The van der Waals surface area contributed by atoms with Gasteiger partial charge in [0, 0.05) is 12.6 Å². The van der Waals surface area contributed by atoms with Crippen LogP contribution in [0.2, 0.25) is 0 Å². The molecule has 3 atom stereocenters. The summed E-state index contributed by atoms with van der Waals surface area (Å²) in [4.78, 5) is 9.70. The lowest BCUT2D eigenvalue weighted by Gasteiger charge is -2.31. The van der Waals surface area contributed by atoms with Gasteiger partial charge in [-0.25, -0.2) is 0 Å². The minimum atomic E-state index is 0.0387. The summed E-state index contributed by atoms with van der Waals surface area (Å²) in [5.41, 5.74) is 2.32. The van der Waals surface area contributed by atoms with Gasteiger partial charge in [-0.3, -0.25) is 4.99 Å². The molecule has 5 nitrogen and oxygen atoms in total. The Kier molecular flexibility index (Phi) is 5.53. The number of aliphatic imine (C=N–C) groups is 1. The standard InChI is InChI=1S/C23H29N3O2/c1-25-13-6-9-19(25)12-14-26-16-24-22(17-7-4-3-5-8-17)23(26)18-10-11-20(27)21(15-18)28-2/h3-5,7-8,10-11,15-16,19,22-23,27H,6,9,12-14H2,1-2H3. The van der Waals surface area contributed by atoms with Gasteiger partial charge in [-0.15, -0.1) is 0 Å². The molecule has 0 radical (unpaired) electrons. The highest BCUT2D eigenvalue weighted by Gasteiger charge is 2.34. The van der Waals surface area contributed by atoms with E-state index < -0.39 is 0 Å². The van der Waals surface area contributed by atoms with Gasteiger partial charge >= 0.3 is 0 Å². The van der Waals surface area contributed by atoms with Gasteiger partial charge in [-0.05, 0) is 56.1 Å². The molecule has 1 N–H and O–H groups in total. The van der Waals surface area contributed by atoms with Crippen LogP contribution in [0.25, 0.3) is 0 Å². The molecule has 148 valence electrons. The first-order chi connectivity index (χ1) is 13.7. The number of methoxy groups -OCH3 is 1. The predicted molar refractivity (Wildman–Crippen MR) is 112 cm³/mol. The number of nitrogens with zero attached hydrogens (tertiary/aromatic N) is 3. The van der Waals surface area contributed by atoms with Crippen LogP contribution in [-0.4, -0.2) is 54.5 Å². The van der Waals surface area contributed by atoms with E-state index >= 15 is 0 Å². The van der Waals surface area contributed by atoms with Crippen molar-refractivity contribution in [2.45, 2.75) is 37.4 Å². The zero-order valence-corrected chi connectivity index (χ0v) is 16.7. The first-order valence-electron chi connectivity index (χ1n) is 10.1. The van der Waals surface area contributed by atoms with Crippen molar-refractivity contribution in [1.82, 2.24) is 9.80 Å². The summed E-state index contributed by atoms with van der Waals surface area (Å²) in [5.74, 6) is 0.673. The molecule has 2 aliphatic rings. The first-order valence-corrected chi connectivity index (χ1v) is 10.1. The summed E-state index contributed by atoms with van der Waals surface area (Å²) in [6, 6.07) is 16.9. The molecule has 28 heavy (non-hydrogen) atoms. The maximum atomic E-state index is 10.0. The molecule has 0 aromatic heterocycles. The van der Waals surface area contributed by atoms with E-state index in [9.17, 15) is 5.11 Å². The monoisotopic (exact) mass is 379 g/mol. The van der Waals surface area contributed by atoms with Crippen molar-refractivity contribution in [1.29, 1.82) is 0 Å². The van der Waals surface area contributed by atoms with Gasteiger partial charge in [0.15, 0.2) is 11.5 Å². The van der Waals surface area contributed by atoms with E-state index in [4.69, 9.17) is 9.73 Å². The molecule has 0 amide bonds. The average Bonchev–Trinajstić information content (AvgIpc) is 3.33. The predicted octanol–water partition coefficient (Wildman–Crippen LogP) is 4.01. The Morgan fingerprint density at radius 1 is 1.14 bits per heavy atom. The van der Waals surface area contributed by atoms with E-state index in [0.717, 1.165) is 18.5 Å². The van der Waals surface area contributed by atoms with Crippen molar-refractivity contribution < 1.29 is 9.84 Å². The zero-order valence-electron chi connectivity index (χ0n) is 16.7. The van der Waals surface area contributed by atoms with Crippen LogP contribution in [0.3, 0.4) is 0 Å². The molecule has 1 saturated heterocycles. The number of rotatable bonds is 6. The maximum absolute atomic E-state index is 10.0. The van der Waals surface area contributed by atoms with Crippen molar-refractivity contribution in [3.63, 3.8) is 0 Å². The SMILES string of the molecule is COc1cc(C2C(c3ccccc3)N=CN2CCC2CCCN2C)ccc1O. The van der Waals surface area contributed by atoms with Crippen molar-refractivity contribution in [3.05, 3.63) is 59.7 Å². The van der Waals surface area contributed by atoms with Gasteiger partial charge in [0.1, 0.15) is 6.04 Å². The van der Waals surface area contributed by atoms with Crippen molar-refractivity contribution in [2.24, 2.45) is 4.99 Å². The second-order valence-electron chi connectivity index (χ2n) is 7.80. The molecule has 2 aromatic rings. The summed E-state index contributed by atoms with van der Waals surface area (Å²) in [5, 5.41) is 10.0. The molecular formula is C23H29N3O2. The van der Waals surface area contributed by atoms with Crippen molar-refractivity contribution in [3.8, 4) is 11.5 Å². The normalized spacial score (nSPS) is 24.8. The first kappa shape index (κ1) is 18.8.